The maximum Gasteiger partial charge on any atom is 0.331 e. The van der Waals surface area contributed by atoms with Crippen LogP contribution >= 0.6 is 0 Å². The summed E-state index contributed by atoms with van der Waals surface area (Å²) in [6.45, 7) is 4.44. The maximum atomic E-state index is 11.8. The fourth-order valence-electron chi connectivity index (χ4n) is 2.09. The van der Waals surface area contributed by atoms with Gasteiger partial charge >= 0.3 is 5.97 Å². The minimum atomic E-state index is -0.692. The molecule has 1 aliphatic heterocycles. The topological polar surface area (TPSA) is 38.8 Å². The highest BCUT2D eigenvalue weighted by Crippen LogP contribution is 2.31. The maximum absolute atomic E-state index is 11.8. The Morgan fingerprint density at radius 3 is 2.83 bits per heavy atom. The first-order valence-corrected chi connectivity index (χ1v) is 6.05. The zero-order valence-corrected chi connectivity index (χ0v) is 11.3. The van der Waals surface area contributed by atoms with E-state index in [4.69, 9.17) is 9.47 Å². The summed E-state index contributed by atoms with van der Waals surface area (Å²) >= 11 is 0. The first-order valence-electron chi connectivity index (χ1n) is 6.05. The van der Waals surface area contributed by atoms with Crippen molar-refractivity contribution in [2.75, 3.05) is 25.7 Å². The highest BCUT2D eigenvalue weighted by Gasteiger charge is 2.34. The molecule has 0 radical (unpaired) electrons. The van der Waals surface area contributed by atoms with Crippen LogP contribution in [0.2, 0.25) is 0 Å². The predicted molar refractivity (Wildman–Crippen MR) is 70.1 cm³/mol. The Balaban J connectivity index is 2.28. The van der Waals surface area contributed by atoms with Gasteiger partial charge < -0.3 is 14.4 Å². The van der Waals surface area contributed by atoms with Crippen molar-refractivity contribution < 1.29 is 14.3 Å². The van der Waals surface area contributed by atoms with Gasteiger partial charge in [0.15, 0.2) is 0 Å². The molecule has 0 saturated heterocycles. The summed E-state index contributed by atoms with van der Waals surface area (Å²) in [6, 6.07) is 6.00. The van der Waals surface area contributed by atoms with E-state index in [2.05, 4.69) is 6.07 Å². The minimum absolute atomic E-state index is 0.248. The largest absolute Gasteiger partial charge is 0.493 e. The molecule has 1 heterocycles. The average molecular weight is 249 g/mol. The summed E-state index contributed by atoms with van der Waals surface area (Å²) in [5.74, 6) is 0.699. The second-order valence-electron chi connectivity index (χ2n) is 5.00. The molecule has 0 bridgehead atoms. The number of carbonyl (C=O) groups is 1. The monoisotopic (exact) mass is 249 g/mol. The van der Waals surface area contributed by atoms with Crippen LogP contribution in [-0.2, 0) is 16.0 Å². The fourth-order valence-corrected chi connectivity index (χ4v) is 2.09. The molecule has 18 heavy (non-hydrogen) atoms. The number of esters is 1. The number of likely N-dealkylation sites (N-methyl/N-ethyl adjacent to an activating group) is 1. The number of benzene rings is 1. The van der Waals surface area contributed by atoms with Crippen LogP contribution in [0.4, 0.5) is 5.69 Å². The summed E-state index contributed by atoms with van der Waals surface area (Å²) in [7, 11) is 3.31. The fraction of sp³-hybridized carbons (Fsp3) is 0.500. The van der Waals surface area contributed by atoms with E-state index in [1.807, 2.05) is 37.9 Å². The van der Waals surface area contributed by atoms with Crippen molar-refractivity contribution in [2.45, 2.75) is 25.8 Å². The van der Waals surface area contributed by atoms with Gasteiger partial charge in [-0.05, 0) is 37.6 Å². The number of hydrogen-bond acceptors (Lipinski definition) is 4. The van der Waals surface area contributed by atoms with Gasteiger partial charge in [0, 0.05) is 19.2 Å². The number of hydrogen-bond donors (Lipinski definition) is 0. The van der Waals surface area contributed by atoms with Crippen LogP contribution in [0.1, 0.15) is 19.4 Å². The minimum Gasteiger partial charge on any atom is -0.493 e. The molecule has 4 heteroatoms. The molecule has 0 spiro atoms. The van der Waals surface area contributed by atoms with Gasteiger partial charge in [-0.25, -0.2) is 4.79 Å². The van der Waals surface area contributed by atoms with Gasteiger partial charge in [-0.3, -0.25) is 0 Å². The quantitative estimate of drug-likeness (QED) is 0.768. The van der Waals surface area contributed by atoms with Gasteiger partial charge in [-0.1, -0.05) is 0 Å². The van der Waals surface area contributed by atoms with Gasteiger partial charge in [0.25, 0.3) is 0 Å². The zero-order chi connectivity index (χ0) is 13.3. The van der Waals surface area contributed by atoms with E-state index in [0.29, 0.717) is 0 Å². The van der Waals surface area contributed by atoms with Crippen LogP contribution < -0.4 is 9.64 Å². The van der Waals surface area contributed by atoms with E-state index in [1.54, 1.807) is 0 Å². The Labute approximate surface area is 107 Å². The third-order valence-corrected chi connectivity index (χ3v) is 3.58. The molecular formula is C14H19NO3. The first-order chi connectivity index (χ1) is 8.46. The summed E-state index contributed by atoms with van der Waals surface area (Å²) < 4.78 is 10.3. The van der Waals surface area contributed by atoms with Crippen LogP contribution in [0.3, 0.4) is 0 Å². The molecule has 0 atom stereocenters. The molecule has 98 valence electrons. The molecule has 1 aromatic rings. The van der Waals surface area contributed by atoms with Crippen LogP contribution in [0.5, 0.6) is 5.75 Å². The van der Waals surface area contributed by atoms with Crippen molar-refractivity contribution in [1.82, 2.24) is 0 Å². The van der Waals surface area contributed by atoms with E-state index in [-0.39, 0.29) is 5.97 Å². The van der Waals surface area contributed by atoms with Crippen LogP contribution in [-0.4, -0.2) is 32.3 Å². The van der Waals surface area contributed by atoms with Crippen molar-refractivity contribution in [3.05, 3.63) is 23.8 Å². The van der Waals surface area contributed by atoms with E-state index in [1.165, 1.54) is 12.7 Å². The lowest BCUT2D eigenvalue weighted by atomic mass is 10.0. The third kappa shape index (κ3) is 2.03. The summed E-state index contributed by atoms with van der Waals surface area (Å²) in [4.78, 5) is 13.7. The summed E-state index contributed by atoms with van der Waals surface area (Å²) in [5, 5.41) is 0. The molecule has 0 aromatic heterocycles. The molecule has 0 fully saturated rings. The number of methoxy groups -OCH3 is 1. The van der Waals surface area contributed by atoms with Gasteiger partial charge in [0.2, 0.25) is 0 Å². The van der Waals surface area contributed by atoms with Gasteiger partial charge in [-0.15, -0.1) is 0 Å². The Bertz CT molecular complexity index is 468. The van der Waals surface area contributed by atoms with Crippen LogP contribution in [0.15, 0.2) is 18.2 Å². The molecule has 0 saturated carbocycles. The van der Waals surface area contributed by atoms with E-state index < -0.39 is 5.54 Å². The van der Waals surface area contributed by atoms with Crippen LogP contribution in [0, 0.1) is 0 Å². The number of ether oxygens (including phenoxy) is 2. The number of carbonyl (C=O) groups excluding carboxylic acids is 1. The zero-order valence-electron chi connectivity index (χ0n) is 11.3. The van der Waals surface area contributed by atoms with Crippen molar-refractivity contribution in [3.63, 3.8) is 0 Å². The van der Waals surface area contributed by atoms with Crippen molar-refractivity contribution in [1.29, 1.82) is 0 Å². The summed E-state index contributed by atoms with van der Waals surface area (Å²) in [6.07, 6.45) is 0.926. The summed E-state index contributed by atoms with van der Waals surface area (Å²) in [5.41, 5.74) is 1.50. The second kappa shape index (κ2) is 4.52. The van der Waals surface area contributed by atoms with Crippen molar-refractivity contribution in [3.8, 4) is 5.75 Å². The van der Waals surface area contributed by atoms with Crippen LogP contribution in [0.25, 0.3) is 0 Å². The second-order valence-corrected chi connectivity index (χ2v) is 5.00. The molecule has 4 nitrogen and oxygen atoms in total. The lowest BCUT2D eigenvalue weighted by molar-refractivity contribution is -0.145. The van der Waals surface area contributed by atoms with E-state index >= 15 is 0 Å². The average Bonchev–Trinajstić information content (AvgIpc) is 2.83. The van der Waals surface area contributed by atoms with E-state index in [0.717, 1.165) is 24.5 Å². The highest BCUT2D eigenvalue weighted by atomic mass is 16.5. The number of anilines is 1. The number of rotatable bonds is 3. The van der Waals surface area contributed by atoms with Gasteiger partial charge in [0.1, 0.15) is 11.3 Å². The lowest BCUT2D eigenvalue weighted by Crippen LogP contribution is -2.48. The molecule has 1 aliphatic rings. The van der Waals surface area contributed by atoms with Gasteiger partial charge in [0.05, 0.1) is 13.7 Å². The highest BCUT2D eigenvalue weighted by molar-refractivity contribution is 5.84. The smallest absolute Gasteiger partial charge is 0.331 e. The lowest BCUT2D eigenvalue weighted by Gasteiger charge is -2.34. The first kappa shape index (κ1) is 12.7. The standard InChI is InChI=1S/C14H19NO3/c1-14(2,13(16)17-4)15(3)11-5-6-12-10(9-11)7-8-18-12/h5-6,9H,7-8H2,1-4H3. The number of nitrogens with zero attached hydrogens (tertiary/aromatic N) is 1. The van der Waals surface area contributed by atoms with Gasteiger partial charge in [-0.2, -0.15) is 0 Å². The Morgan fingerprint density at radius 2 is 2.17 bits per heavy atom. The molecule has 1 aromatic carbocycles. The normalized spacial score (nSPS) is 13.8. The molecule has 0 amide bonds. The molecule has 2 rings (SSSR count). The SMILES string of the molecule is COC(=O)C(C)(C)N(C)c1ccc2c(c1)CCO2. The predicted octanol–water partition coefficient (Wildman–Crippen LogP) is 2.01. The Hall–Kier alpha value is -1.71. The van der Waals surface area contributed by atoms with E-state index in [9.17, 15) is 4.79 Å². The Kier molecular flexibility index (Phi) is 3.20. The van der Waals surface area contributed by atoms with Crippen molar-refractivity contribution in [2.24, 2.45) is 0 Å². The number of fused-ring (bicyclic) bond motifs is 1. The Morgan fingerprint density at radius 1 is 1.44 bits per heavy atom. The molecular weight excluding hydrogens is 230 g/mol. The molecule has 0 aliphatic carbocycles. The molecule has 0 unspecified atom stereocenters. The van der Waals surface area contributed by atoms with Crippen molar-refractivity contribution >= 4 is 11.7 Å². The molecule has 0 N–H and O–H groups in total. The third-order valence-electron chi connectivity index (χ3n) is 3.58.